The lowest BCUT2D eigenvalue weighted by Crippen LogP contribution is -2.40. The Morgan fingerprint density at radius 1 is 1.07 bits per heavy atom. The van der Waals surface area contributed by atoms with E-state index < -0.39 is 12.0 Å². The molecule has 0 saturated carbocycles. The van der Waals surface area contributed by atoms with Crippen LogP contribution in [0.5, 0.6) is 0 Å². The van der Waals surface area contributed by atoms with Crippen LogP contribution in [0.4, 0.5) is 4.39 Å². The predicted octanol–water partition coefficient (Wildman–Crippen LogP) is 6.36. The molecule has 0 spiro atoms. The standard InChI is InChI=1S/C35H32FN3O3S2/c1-20(2)42-34(41)31-21(3)37-35-39(32(31)24-12-16-26(43-5)17-13-24)33(40)30(44-35)18-28-22(4)38(29-9-7-6-8-27(28)29)19-23-10-14-25(36)15-11-23/h6-18,20,32H,19H2,1-5H3/b30-18-/t32-/m0/s1. The Labute approximate surface area is 262 Å². The molecule has 6 nitrogen and oxygen atoms in total. The van der Waals surface area contributed by atoms with Gasteiger partial charge in [0.25, 0.3) is 5.56 Å². The first kappa shape index (κ1) is 29.8. The van der Waals surface area contributed by atoms with Gasteiger partial charge in [-0.15, -0.1) is 11.8 Å². The van der Waals surface area contributed by atoms with E-state index in [0.717, 1.165) is 38.2 Å². The van der Waals surface area contributed by atoms with Crippen LogP contribution in [0.1, 0.15) is 49.2 Å². The lowest BCUT2D eigenvalue weighted by molar-refractivity contribution is -0.143. The average molecular weight is 626 g/mol. The maximum absolute atomic E-state index is 14.3. The maximum atomic E-state index is 14.3. The highest BCUT2D eigenvalue weighted by Gasteiger charge is 2.34. The molecular weight excluding hydrogens is 594 g/mol. The van der Waals surface area contributed by atoms with E-state index in [0.29, 0.717) is 27.1 Å². The Bertz CT molecular complexity index is 2100. The highest BCUT2D eigenvalue weighted by Crippen LogP contribution is 2.32. The number of hydrogen-bond acceptors (Lipinski definition) is 6. The molecule has 0 fully saturated rings. The SMILES string of the molecule is CSc1ccc([C@H]2C(C(=O)OC(C)C)=C(C)N=c3s/c(=C\c4c(C)n(Cc5ccc(F)cc5)c5ccccc45)c(=O)n32)cc1. The number of carbonyl (C=O) groups is 1. The first-order chi connectivity index (χ1) is 21.2. The van der Waals surface area contributed by atoms with Crippen molar-refractivity contribution in [3.05, 3.63) is 132 Å². The normalized spacial score (nSPS) is 15.2. The number of carbonyl (C=O) groups excluding carboxylic acids is 1. The summed E-state index contributed by atoms with van der Waals surface area (Å²) in [5, 5.41) is 1.01. The van der Waals surface area contributed by atoms with Crippen LogP contribution < -0.4 is 14.9 Å². The number of thiazole rings is 1. The molecule has 1 atom stereocenters. The van der Waals surface area contributed by atoms with E-state index in [1.165, 1.54) is 23.5 Å². The molecule has 5 aromatic rings. The number of nitrogens with zero attached hydrogens (tertiary/aromatic N) is 3. The van der Waals surface area contributed by atoms with Gasteiger partial charge in [0.05, 0.1) is 27.9 Å². The van der Waals surface area contributed by atoms with Crippen LogP contribution in [0, 0.1) is 12.7 Å². The Morgan fingerprint density at radius 3 is 2.45 bits per heavy atom. The fraction of sp³-hybridized carbons (Fsp3) is 0.229. The summed E-state index contributed by atoms with van der Waals surface area (Å²) in [6.45, 7) is 8.01. The van der Waals surface area contributed by atoms with Crippen LogP contribution >= 0.6 is 23.1 Å². The Kier molecular flexibility index (Phi) is 8.18. The van der Waals surface area contributed by atoms with Crippen molar-refractivity contribution in [1.82, 2.24) is 9.13 Å². The molecule has 6 rings (SSSR count). The molecule has 0 unspecified atom stereocenters. The third-order valence-electron chi connectivity index (χ3n) is 7.82. The number of allylic oxidation sites excluding steroid dienone is 1. The van der Waals surface area contributed by atoms with Crippen LogP contribution in [0.3, 0.4) is 0 Å². The second kappa shape index (κ2) is 12.1. The first-order valence-electron chi connectivity index (χ1n) is 14.4. The number of para-hydroxylation sites is 1. The monoisotopic (exact) mass is 625 g/mol. The Hall–Kier alpha value is -4.21. The van der Waals surface area contributed by atoms with Gasteiger partial charge < -0.3 is 9.30 Å². The van der Waals surface area contributed by atoms with Gasteiger partial charge in [-0.05, 0) is 81.5 Å². The molecule has 0 bridgehead atoms. The molecule has 0 amide bonds. The number of benzene rings is 3. The van der Waals surface area contributed by atoms with E-state index in [-0.39, 0.29) is 17.5 Å². The summed E-state index contributed by atoms with van der Waals surface area (Å²) in [5.41, 5.74) is 5.42. The predicted molar refractivity (Wildman–Crippen MR) is 175 cm³/mol. The third kappa shape index (κ3) is 5.46. The van der Waals surface area contributed by atoms with Crippen molar-refractivity contribution in [2.24, 2.45) is 4.99 Å². The van der Waals surface area contributed by atoms with Gasteiger partial charge in [-0.1, -0.05) is 53.8 Å². The summed E-state index contributed by atoms with van der Waals surface area (Å²) < 4.78 is 23.5. The zero-order chi connectivity index (χ0) is 31.1. The molecule has 2 aromatic heterocycles. The summed E-state index contributed by atoms with van der Waals surface area (Å²) in [5.74, 6) is -0.748. The molecule has 0 saturated heterocycles. The van der Waals surface area contributed by atoms with Crippen molar-refractivity contribution in [2.75, 3.05) is 6.26 Å². The number of fused-ring (bicyclic) bond motifs is 2. The fourth-order valence-corrected chi connectivity index (χ4v) is 7.15. The van der Waals surface area contributed by atoms with Gasteiger partial charge in [0, 0.05) is 33.6 Å². The van der Waals surface area contributed by atoms with E-state index in [2.05, 4.69) is 10.6 Å². The second-order valence-corrected chi connectivity index (χ2v) is 12.9. The van der Waals surface area contributed by atoms with Crippen molar-refractivity contribution in [2.45, 2.75) is 51.3 Å². The molecule has 3 heterocycles. The molecule has 3 aromatic carbocycles. The number of hydrogen-bond donors (Lipinski definition) is 0. The second-order valence-electron chi connectivity index (χ2n) is 11.0. The van der Waals surface area contributed by atoms with Gasteiger partial charge in [-0.3, -0.25) is 9.36 Å². The van der Waals surface area contributed by atoms with E-state index in [9.17, 15) is 14.0 Å². The quantitative estimate of drug-likeness (QED) is 0.156. The minimum Gasteiger partial charge on any atom is -0.459 e. The minimum atomic E-state index is -0.670. The molecule has 0 radical (unpaired) electrons. The summed E-state index contributed by atoms with van der Waals surface area (Å²) in [7, 11) is 0. The number of aromatic nitrogens is 2. The number of halogens is 1. The smallest absolute Gasteiger partial charge is 0.338 e. The molecule has 1 aliphatic rings. The minimum absolute atomic E-state index is 0.218. The molecule has 44 heavy (non-hydrogen) atoms. The van der Waals surface area contributed by atoms with Crippen molar-refractivity contribution in [3.63, 3.8) is 0 Å². The Morgan fingerprint density at radius 2 is 1.77 bits per heavy atom. The van der Waals surface area contributed by atoms with Gasteiger partial charge in [0.15, 0.2) is 4.80 Å². The van der Waals surface area contributed by atoms with Crippen LogP contribution in [0.2, 0.25) is 0 Å². The van der Waals surface area contributed by atoms with Crippen molar-refractivity contribution in [1.29, 1.82) is 0 Å². The summed E-state index contributed by atoms with van der Waals surface area (Å²) in [4.78, 5) is 34.0. The first-order valence-corrected chi connectivity index (χ1v) is 16.4. The van der Waals surface area contributed by atoms with Crippen LogP contribution in [0.15, 0.2) is 98.7 Å². The molecule has 0 N–H and O–H groups in total. The third-order valence-corrected chi connectivity index (χ3v) is 9.55. The highest BCUT2D eigenvalue weighted by atomic mass is 32.2. The summed E-state index contributed by atoms with van der Waals surface area (Å²) in [6.07, 6.45) is 3.62. The van der Waals surface area contributed by atoms with Gasteiger partial charge in [-0.2, -0.15) is 0 Å². The topological polar surface area (TPSA) is 65.6 Å². The molecule has 1 aliphatic heterocycles. The van der Waals surface area contributed by atoms with Crippen molar-refractivity contribution >= 4 is 46.0 Å². The van der Waals surface area contributed by atoms with Gasteiger partial charge in [0.2, 0.25) is 0 Å². The molecule has 224 valence electrons. The number of thioether (sulfide) groups is 1. The summed E-state index contributed by atoms with van der Waals surface area (Å²) in [6, 6.07) is 21.8. The van der Waals surface area contributed by atoms with E-state index in [1.807, 2.05) is 61.7 Å². The molecule has 9 heteroatoms. The summed E-state index contributed by atoms with van der Waals surface area (Å²) >= 11 is 2.94. The van der Waals surface area contributed by atoms with E-state index in [1.54, 1.807) is 49.2 Å². The number of rotatable bonds is 7. The zero-order valence-corrected chi connectivity index (χ0v) is 26.8. The molecular formula is C35H32FN3O3S2. The van der Waals surface area contributed by atoms with Crippen molar-refractivity contribution < 1.29 is 13.9 Å². The van der Waals surface area contributed by atoms with E-state index >= 15 is 0 Å². The zero-order valence-electron chi connectivity index (χ0n) is 25.1. The van der Waals surface area contributed by atoms with Gasteiger partial charge in [0.1, 0.15) is 5.82 Å². The highest BCUT2D eigenvalue weighted by molar-refractivity contribution is 7.98. The van der Waals surface area contributed by atoms with Crippen LogP contribution in [-0.2, 0) is 16.1 Å². The van der Waals surface area contributed by atoms with Crippen LogP contribution in [-0.4, -0.2) is 27.5 Å². The molecule has 0 aliphatic carbocycles. The fourth-order valence-electron chi connectivity index (χ4n) is 5.71. The maximum Gasteiger partial charge on any atom is 0.338 e. The Balaban J connectivity index is 1.53. The van der Waals surface area contributed by atoms with Crippen LogP contribution in [0.25, 0.3) is 17.0 Å². The number of ether oxygens (including phenoxy) is 1. The largest absolute Gasteiger partial charge is 0.459 e. The van der Waals surface area contributed by atoms with Gasteiger partial charge >= 0.3 is 5.97 Å². The number of esters is 1. The van der Waals surface area contributed by atoms with Crippen molar-refractivity contribution in [3.8, 4) is 0 Å². The average Bonchev–Trinajstić information content (AvgIpc) is 3.45. The van der Waals surface area contributed by atoms with E-state index in [4.69, 9.17) is 9.73 Å². The lowest BCUT2D eigenvalue weighted by Gasteiger charge is -2.25. The lowest BCUT2D eigenvalue weighted by atomic mass is 9.96. The van der Waals surface area contributed by atoms with Gasteiger partial charge in [-0.25, -0.2) is 14.2 Å².